The van der Waals surface area contributed by atoms with Crippen LogP contribution in [0.5, 0.6) is 0 Å². The molecule has 4 rings (SSSR count). The molecule has 0 radical (unpaired) electrons. The Morgan fingerprint density at radius 2 is 1.70 bits per heavy atom. The molecule has 1 aromatic heterocycles. The second-order valence-corrected chi connectivity index (χ2v) is 6.02. The van der Waals surface area contributed by atoms with Gasteiger partial charge in [-0.05, 0) is 29.0 Å². The van der Waals surface area contributed by atoms with Gasteiger partial charge in [-0.1, -0.05) is 59.6 Å². The largest absolute Gasteiger partial charge is 0.456 e. The van der Waals surface area contributed by atoms with Crippen LogP contribution in [0.2, 0.25) is 10.0 Å². The molecule has 23 heavy (non-hydrogen) atoms. The number of fused-ring (bicyclic) bond motifs is 3. The van der Waals surface area contributed by atoms with Crippen molar-refractivity contribution in [1.82, 2.24) is 0 Å². The van der Waals surface area contributed by atoms with Crippen LogP contribution < -0.4 is 5.43 Å². The van der Waals surface area contributed by atoms with Gasteiger partial charge in [-0.15, -0.1) is 0 Å². The SMILES string of the molecule is O=c1cc(-c2cccc(Cl)c2Cl)oc2ccc3ccccc3c12. The van der Waals surface area contributed by atoms with Crippen LogP contribution in [0.4, 0.5) is 0 Å². The average molecular weight is 341 g/mol. The van der Waals surface area contributed by atoms with E-state index < -0.39 is 0 Å². The van der Waals surface area contributed by atoms with Crippen LogP contribution in [-0.2, 0) is 0 Å². The molecule has 0 aliphatic heterocycles. The van der Waals surface area contributed by atoms with E-state index in [9.17, 15) is 4.79 Å². The first-order valence-corrected chi connectivity index (χ1v) is 7.81. The topological polar surface area (TPSA) is 30.2 Å². The van der Waals surface area contributed by atoms with Gasteiger partial charge in [-0.25, -0.2) is 0 Å². The lowest BCUT2D eigenvalue weighted by molar-refractivity contribution is 0.619. The Hall–Kier alpha value is -2.29. The Morgan fingerprint density at radius 3 is 2.57 bits per heavy atom. The summed E-state index contributed by atoms with van der Waals surface area (Å²) in [7, 11) is 0. The summed E-state index contributed by atoms with van der Waals surface area (Å²) in [6, 6.07) is 18.2. The van der Waals surface area contributed by atoms with Gasteiger partial charge in [0, 0.05) is 11.6 Å². The van der Waals surface area contributed by atoms with Crippen molar-refractivity contribution < 1.29 is 4.42 Å². The van der Waals surface area contributed by atoms with Gasteiger partial charge in [0.05, 0.1) is 15.4 Å². The van der Waals surface area contributed by atoms with Crippen molar-refractivity contribution in [2.45, 2.75) is 0 Å². The molecule has 4 heteroatoms. The predicted octanol–water partition coefficient (Wildman–Crippen LogP) is 5.92. The second kappa shape index (κ2) is 5.41. The minimum atomic E-state index is -0.103. The molecule has 0 atom stereocenters. The first kappa shape index (κ1) is 14.3. The summed E-state index contributed by atoms with van der Waals surface area (Å²) in [6.07, 6.45) is 0. The van der Waals surface area contributed by atoms with Gasteiger partial charge in [0.2, 0.25) is 0 Å². The van der Waals surface area contributed by atoms with E-state index in [2.05, 4.69) is 0 Å². The number of halogens is 2. The van der Waals surface area contributed by atoms with Gasteiger partial charge < -0.3 is 4.42 Å². The summed E-state index contributed by atoms with van der Waals surface area (Å²) in [6.45, 7) is 0. The fourth-order valence-electron chi connectivity index (χ4n) is 2.76. The number of hydrogen-bond acceptors (Lipinski definition) is 2. The smallest absolute Gasteiger partial charge is 0.193 e. The zero-order chi connectivity index (χ0) is 16.0. The first-order chi connectivity index (χ1) is 11.1. The molecule has 112 valence electrons. The molecule has 0 N–H and O–H groups in total. The minimum absolute atomic E-state index is 0.103. The summed E-state index contributed by atoms with van der Waals surface area (Å²) in [5.41, 5.74) is 1.03. The monoisotopic (exact) mass is 340 g/mol. The molecule has 0 fully saturated rings. The first-order valence-electron chi connectivity index (χ1n) is 7.05. The molecular formula is C19H10Cl2O2. The minimum Gasteiger partial charge on any atom is -0.456 e. The quantitative estimate of drug-likeness (QED) is 0.402. The van der Waals surface area contributed by atoms with E-state index in [1.165, 1.54) is 6.07 Å². The standard InChI is InChI=1S/C19H10Cl2O2/c20-14-7-3-6-13(19(14)21)17-10-15(22)18-12-5-2-1-4-11(12)8-9-16(18)23-17/h1-10H. The van der Waals surface area contributed by atoms with Crippen molar-refractivity contribution in [1.29, 1.82) is 0 Å². The summed E-state index contributed by atoms with van der Waals surface area (Å²) in [5, 5.41) is 3.25. The van der Waals surface area contributed by atoms with Gasteiger partial charge in [-0.2, -0.15) is 0 Å². The summed E-state index contributed by atoms with van der Waals surface area (Å²) in [4.78, 5) is 12.6. The molecule has 0 bridgehead atoms. The van der Waals surface area contributed by atoms with Gasteiger partial charge in [0.1, 0.15) is 11.3 Å². The van der Waals surface area contributed by atoms with E-state index in [1.807, 2.05) is 30.3 Å². The highest BCUT2D eigenvalue weighted by Gasteiger charge is 2.13. The number of hydrogen-bond donors (Lipinski definition) is 0. The van der Waals surface area contributed by atoms with Gasteiger partial charge in [0.15, 0.2) is 5.43 Å². The van der Waals surface area contributed by atoms with Gasteiger partial charge in [0.25, 0.3) is 0 Å². The van der Waals surface area contributed by atoms with Crippen molar-refractivity contribution in [2.75, 3.05) is 0 Å². The second-order valence-electron chi connectivity index (χ2n) is 5.24. The Morgan fingerprint density at radius 1 is 0.870 bits per heavy atom. The van der Waals surface area contributed by atoms with Crippen LogP contribution in [0.15, 0.2) is 69.9 Å². The van der Waals surface area contributed by atoms with Gasteiger partial charge >= 0.3 is 0 Å². The number of benzene rings is 3. The van der Waals surface area contributed by atoms with Crippen molar-refractivity contribution in [3.8, 4) is 11.3 Å². The van der Waals surface area contributed by atoms with Crippen LogP contribution >= 0.6 is 23.2 Å². The maximum absolute atomic E-state index is 12.6. The summed E-state index contributed by atoms with van der Waals surface area (Å²) in [5.74, 6) is 0.408. The van der Waals surface area contributed by atoms with E-state index in [-0.39, 0.29) is 5.43 Å². The normalized spacial score (nSPS) is 11.2. The lowest BCUT2D eigenvalue weighted by Gasteiger charge is -2.07. The molecule has 3 aromatic carbocycles. The van der Waals surface area contributed by atoms with Crippen LogP contribution in [0.3, 0.4) is 0 Å². The highest BCUT2D eigenvalue weighted by atomic mass is 35.5. The molecule has 0 amide bonds. The van der Waals surface area contributed by atoms with Crippen molar-refractivity contribution in [3.63, 3.8) is 0 Å². The third-order valence-corrected chi connectivity index (χ3v) is 4.66. The maximum atomic E-state index is 12.6. The van der Waals surface area contributed by atoms with Crippen molar-refractivity contribution in [3.05, 3.63) is 80.9 Å². The van der Waals surface area contributed by atoms with Crippen molar-refractivity contribution >= 4 is 44.9 Å². The van der Waals surface area contributed by atoms with Crippen molar-refractivity contribution in [2.24, 2.45) is 0 Å². The Bertz CT molecular complexity index is 1110. The summed E-state index contributed by atoms with van der Waals surface area (Å²) < 4.78 is 5.93. The van der Waals surface area contributed by atoms with E-state index in [1.54, 1.807) is 24.3 Å². The Kier molecular flexibility index (Phi) is 3.37. The van der Waals surface area contributed by atoms with E-state index in [0.29, 0.717) is 32.3 Å². The molecule has 0 unspecified atom stereocenters. The average Bonchev–Trinajstić information content (AvgIpc) is 2.56. The van der Waals surface area contributed by atoms with Gasteiger partial charge in [-0.3, -0.25) is 4.79 Å². The molecule has 4 aromatic rings. The molecule has 1 heterocycles. The fourth-order valence-corrected chi connectivity index (χ4v) is 3.15. The van der Waals surface area contributed by atoms with Crippen LogP contribution in [0, 0.1) is 0 Å². The molecule has 0 saturated carbocycles. The predicted molar refractivity (Wildman–Crippen MR) is 95.4 cm³/mol. The zero-order valence-electron chi connectivity index (χ0n) is 11.8. The Balaban J connectivity index is 2.07. The van der Waals surface area contributed by atoms with E-state index >= 15 is 0 Å². The highest BCUT2D eigenvalue weighted by Crippen LogP contribution is 2.34. The zero-order valence-corrected chi connectivity index (χ0v) is 13.4. The maximum Gasteiger partial charge on any atom is 0.193 e. The molecule has 2 nitrogen and oxygen atoms in total. The van der Waals surface area contributed by atoms with E-state index in [4.69, 9.17) is 27.6 Å². The van der Waals surface area contributed by atoms with Crippen LogP contribution in [0.25, 0.3) is 33.1 Å². The lowest BCUT2D eigenvalue weighted by atomic mass is 10.0. The van der Waals surface area contributed by atoms with Crippen LogP contribution in [-0.4, -0.2) is 0 Å². The molecule has 0 spiro atoms. The fraction of sp³-hybridized carbons (Fsp3) is 0. The molecule has 0 aliphatic rings. The molecule has 0 aliphatic carbocycles. The molecular weight excluding hydrogens is 331 g/mol. The van der Waals surface area contributed by atoms with E-state index in [0.717, 1.165) is 10.8 Å². The number of rotatable bonds is 1. The third kappa shape index (κ3) is 2.31. The third-order valence-electron chi connectivity index (χ3n) is 3.84. The molecule has 0 saturated heterocycles. The van der Waals surface area contributed by atoms with Crippen LogP contribution in [0.1, 0.15) is 0 Å². The highest BCUT2D eigenvalue weighted by molar-refractivity contribution is 6.43. The Labute approximate surface area is 141 Å². The lowest BCUT2D eigenvalue weighted by Crippen LogP contribution is -2.01. The summed E-state index contributed by atoms with van der Waals surface area (Å²) >= 11 is 12.3.